The second kappa shape index (κ2) is 4.94. The van der Waals surface area contributed by atoms with Crippen molar-refractivity contribution in [2.75, 3.05) is 12.8 Å². The van der Waals surface area contributed by atoms with Crippen LogP contribution in [0.4, 0.5) is 0 Å². The van der Waals surface area contributed by atoms with Crippen molar-refractivity contribution < 1.29 is 9.90 Å². The van der Waals surface area contributed by atoms with Crippen molar-refractivity contribution in [1.29, 1.82) is 0 Å². The highest BCUT2D eigenvalue weighted by atomic mass is 32.2. The van der Waals surface area contributed by atoms with Crippen LogP contribution in [0, 0.1) is 0 Å². The molecule has 1 aromatic rings. The minimum absolute atomic E-state index is 0.188. The molecule has 1 atom stereocenters. The van der Waals surface area contributed by atoms with Gasteiger partial charge in [-0.25, -0.2) is 0 Å². The molecule has 3 nitrogen and oxygen atoms in total. The molecule has 0 spiro atoms. The standard InChI is InChI=1S/C14H19NO2S/c1-14(2,13(16)17)15(3)11-8-9-18-12-7-5-4-6-10(11)12/h4-7,11H,8-9H2,1-3H3,(H,16,17). The lowest BCUT2D eigenvalue weighted by atomic mass is 9.95. The number of rotatable bonds is 3. The SMILES string of the molecule is CN(C1CCSc2ccccc21)C(C)(C)C(=O)O. The third kappa shape index (κ3) is 2.27. The van der Waals surface area contributed by atoms with Crippen LogP contribution in [0.5, 0.6) is 0 Å². The van der Waals surface area contributed by atoms with Gasteiger partial charge < -0.3 is 5.11 Å². The van der Waals surface area contributed by atoms with Gasteiger partial charge in [0.1, 0.15) is 5.54 Å². The Kier molecular flexibility index (Phi) is 3.69. The molecule has 0 aliphatic carbocycles. The molecule has 1 heterocycles. The van der Waals surface area contributed by atoms with Gasteiger partial charge in [-0.15, -0.1) is 11.8 Å². The van der Waals surface area contributed by atoms with Gasteiger partial charge in [-0.3, -0.25) is 9.69 Å². The predicted molar refractivity (Wildman–Crippen MR) is 74.0 cm³/mol. The lowest BCUT2D eigenvalue weighted by molar-refractivity contribution is -0.150. The van der Waals surface area contributed by atoms with E-state index in [0.717, 1.165) is 12.2 Å². The maximum absolute atomic E-state index is 11.4. The third-order valence-corrected chi connectivity index (χ3v) is 4.92. The van der Waals surface area contributed by atoms with Crippen LogP contribution < -0.4 is 0 Å². The Labute approximate surface area is 112 Å². The van der Waals surface area contributed by atoms with Gasteiger partial charge in [0.05, 0.1) is 0 Å². The summed E-state index contributed by atoms with van der Waals surface area (Å²) in [5.41, 5.74) is 0.408. The van der Waals surface area contributed by atoms with Crippen molar-refractivity contribution in [1.82, 2.24) is 4.90 Å². The molecule has 2 rings (SSSR count). The van der Waals surface area contributed by atoms with Crippen LogP contribution in [0.25, 0.3) is 0 Å². The molecule has 0 saturated heterocycles. The van der Waals surface area contributed by atoms with E-state index in [9.17, 15) is 9.90 Å². The van der Waals surface area contributed by atoms with Crippen molar-refractivity contribution in [3.8, 4) is 0 Å². The lowest BCUT2D eigenvalue weighted by Gasteiger charge is -2.40. The number of aliphatic carboxylic acids is 1. The summed E-state index contributed by atoms with van der Waals surface area (Å²) in [6, 6.07) is 8.48. The number of thioether (sulfide) groups is 1. The van der Waals surface area contributed by atoms with E-state index in [1.165, 1.54) is 10.5 Å². The lowest BCUT2D eigenvalue weighted by Crippen LogP contribution is -2.50. The molecule has 0 bridgehead atoms. The van der Waals surface area contributed by atoms with Crippen molar-refractivity contribution in [2.24, 2.45) is 0 Å². The Morgan fingerprint density at radius 3 is 2.78 bits per heavy atom. The highest BCUT2D eigenvalue weighted by molar-refractivity contribution is 7.99. The smallest absolute Gasteiger partial charge is 0.323 e. The Hall–Kier alpha value is -1.00. The zero-order valence-electron chi connectivity index (χ0n) is 11.0. The van der Waals surface area contributed by atoms with Crippen LogP contribution in [-0.4, -0.2) is 34.3 Å². The normalized spacial score (nSPS) is 19.7. The fourth-order valence-corrected chi connectivity index (χ4v) is 3.37. The van der Waals surface area contributed by atoms with E-state index in [2.05, 4.69) is 12.1 Å². The van der Waals surface area contributed by atoms with Crippen LogP contribution >= 0.6 is 11.8 Å². The highest BCUT2D eigenvalue weighted by Gasteiger charge is 2.38. The molecule has 98 valence electrons. The minimum atomic E-state index is -0.847. The predicted octanol–water partition coefficient (Wildman–Crippen LogP) is 3.02. The summed E-state index contributed by atoms with van der Waals surface area (Å²) in [6.07, 6.45) is 0.995. The van der Waals surface area contributed by atoms with E-state index < -0.39 is 11.5 Å². The maximum atomic E-state index is 11.4. The van der Waals surface area contributed by atoms with E-state index >= 15 is 0 Å². The van der Waals surface area contributed by atoms with Crippen LogP contribution in [0.15, 0.2) is 29.2 Å². The number of carboxylic acid groups (broad SMARTS) is 1. The summed E-state index contributed by atoms with van der Waals surface area (Å²) < 4.78 is 0. The van der Waals surface area contributed by atoms with E-state index in [1.807, 2.05) is 35.8 Å². The van der Waals surface area contributed by atoms with E-state index in [4.69, 9.17) is 0 Å². The Morgan fingerprint density at radius 1 is 1.44 bits per heavy atom. The average molecular weight is 265 g/mol. The van der Waals surface area contributed by atoms with Crippen molar-refractivity contribution in [3.63, 3.8) is 0 Å². The number of benzene rings is 1. The zero-order valence-corrected chi connectivity index (χ0v) is 11.8. The molecular weight excluding hydrogens is 246 g/mol. The van der Waals surface area contributed by atoms with E-state index in [-0.39, 0.29) is 6.04 Å². The number of fused-ring (bicyclic) bond motifs is 1. The van der Waals surface area contributed by atoms with Gasteiger partial charge in [-0.1, -0.05) is 18.2 Å². The fourth-order valence-electron chi connectivity index (χ4n) is 2.27. The van der Waals surface area contributed by atoms with E-state index in [0.29, 0.717) is 0 Å². The molecule has 0 fully saturated rings. The Bertz CT molecular complexity index is 459. The first-order valence-electron chi connectivity index (χ1n) is 6.12. The largest absolute Gasteiger partial charge is 0.480 e. The van der Waals surface area contributed by atoms with Crippen molar-refractivity contribution >= 4 is 17.7 Å². The summed E-state index contributed by atoms with van der Waals surface area (Å²) in [6.45, 7) is 3.53. The molecule has 0 amide bonds. The quantitative estimate of drug-likeness (QED) is 0.912. The summed E-state index contributed by atoms with van der Waals surface area (Å²) in [5, 5.41) is 9.34. The number of carbonyl (C=O) groups is 1. The summed E-state index contributed by atoms with van der Waals surface area (Å²) in [7, 11) is 1.91. The minimum Gasteiger partial charge on any atom is -0.480 e. The summed E-state index contributed by atoms with van der Waals surface area (Å²) in [5.74, 6) is 0.266. The first-order chi connectivity index (χ1) is 8.44. The highest BCUT2D eigenvalue weighted by Crippen LogP contribution is 2.40. The Balaban J connectivity index is 2.33. The molecule has 1 aliphatic heterocycles. The number of hydrogen-bond donors (Lipinski definition) is 1. The number of hydrogen-bond acceptors (Lipinski definition) is 3. The first-order valence-corrected chi connectivity index (χ1v) is 7.11. The molecule has 1 unspecified atom stereocenters. The zero-order chi connectivity index (χ0) is 13.3. The van der Waals surface area contributed by atoms with Crippen LogP contribution in [-0.2, 0) is 4.79 Å². The first kappa shape index (κ1) is 13.4. The van der Waals surface area contributed by atoms with Gasteiger partial charge in [-0.05, 0) is 44.7 Å². The molecule has 1 N–H and O–H groups in total. The summed E-state index contributed by atoms with van der Waals surface area (Å²) >= 11 is 1.85. The molecule has 1 aliphatic rings. The monoisotopic (exact) mass is 265 g/mol. The average Bonchev–Trinajstić information content (AvgIpc) is 2.37. The third-order valence-electron chi connectivity index (χ3n) is 3.80. The number of carboxylic acids is 1. The number of nitrogens with zero attached hydrogens (tertiary/aromatic N) is 1. The van der Waals surface area contributed by atoms with E-state index in [1.54, 1.807) is 13.8 Å². The van der Waals surface area contributed by atoms with Gasteiger partial charge in [0.15, 0.2) is 0 Å². The topological polar surface area (TPSA) is 40.5 Å². The van der Waals surface area contributed by atoms with Crippen LogP contribution in [0.2, 0.25) is 0 Å². The second-order valence-electron chi connectivity index (χ2n) is 5.17. The molecule has 0 saturated carbocycles. The molecule has 1 aromatic carbocycles. The Morgan fingerprint density at radius 2 is 2.11 bits per heavy atom. The maximum Gasteiger partial charge on any atom is 0.323 e. The second-order valence-corrected chi connectivity index (χ2v) is 6.30. The fraction of sp³-hybridized carbons (Fsp3) is 0.500. The van der Waals surface area contributed by atoms with Gasteiger partial charge in [-0.2, -0.15) is 0 Å². The van der Waals surface area contributed by atoms with Gasteiger partial charge in [0, 0.05) is 10.9 Å². The molecule has 0 radical (unpaired) electrons. The molecular formula is C14H19NO2S. The van der Waals surface area contributed by atoms with Crippen LogP contribution in [0.1, 0.15) is 31.9 Å². The van der Waals surface area contributed by atoms with Gasteiger partial charge in [0.25, 0.3) is 0 Å². The van der Waals surface area contributed by atoms with Gasteiger partial charge in [0.2, 0.25) is 0 Å². The molecule has 4 heteroatoms. The van der Waals surface area contributed by atoms with Crippen molar-refractivity contribution in [3.05, 3.63) is 29.8 Å². The van der Waals surface area contributed by atoms with Crippen molar-refractivity contribution in [2.45, 2.75) is 36.7 Å². The summed E-state index contributed by atoms with van der Waals surface area (Å²) in [4.78, 5) is 14.6. The molecule has 0 aromatic heterocycles. The number of likely N-dealkylation sites (N-methyl/N-ethyl adjacent to an activating group) is 1. The van der Waals surface area contributed by atoms with Gasteiger partial charge >= 0.3 is 5.97 Å². The molecule has 18 heavy (non-hydrogen) atoms. The van der Waals surface area contributed by atoms with Crippen LogP contribution in [0.3, 0.4) is 0 Å².